The molecule has 0 heterocycles. The van der Waals surface area contributed by atoms with E-state index in [1.807, 2.05) is 0 Å². The van der Waals surface area contributed by atoms with Gasteiger partial charge in [-0.25, -0.2) is 0 Å². The number of allylic oxidation sites excluding steroid dienone is 4. The molecule has 4 aliphatic carbocycles. The average molecular weight is 411 g/mol. The first-order valence-electron chi connectivity index (χ1n) is 12.9. The normalized spacial score (nSPS) is 43.7. The molecular weight excluding hydrogens is 364 g/mol. The second kappa shape index (κ2) is 8.27. The Morgan fingerprint density at radius 1 is 1.17 bits per heavy atom. The van der Waals surface area contributed by atoms with Crippen LogP contribution in [0.1, 0.15) is 98.8 Å². The van der Waals surface area contributed by atoms with Gasteiger partial charge in [0.15, 0.2) is 0 Å². The van der Waals surface area contributed by atoms with Crippen LogP contribution in [0, 0.1) is 40.4 Å². The molecule has 0 radical (unpaired) electrons. The lowest BCUT2D eigenvalue weighted by atomic mass is 9.47. The molecule has 0 spiro atoms. The highest BCUT2D eigenvalue weighted by Gasteiger charge is 2.59. The number of hydrogen-bond acceptors (Lipinski definition) is 1. The van der Waals surface area contributed by atoms with Crippen molar-refractivity contribution in [1.29, 1.82) is 0 Å². The summed E-state index contributed by atoms with van der Waals surface area (Å²) in [6, 6.07) is 0. The first-order chi connectivity index (χ1) is 14.2. The molecule has 0 bridgehead atoms. The Labute approximate surface area is 186 Å². The molecule has 1 heteroatoms. The van der Waals surface area contributed by atoms with Crippen molar-refractivity contribution in [3.63, 3.8) is 0 Å². The molecule has 3 fully saturated rings. The van der Waals surface area contributed by atoms with E-state index < -0.39 is 0 Å². The molecule has 0 aliphatic heterocycles. The summed E-state index contributed by atoms with van der Waals surface area (Å²) in [6.45, 7) is 16.3. The van der Waals surface area contributed by atoms with Gasteiger partial charge in [0, 0.05) is 0 Å². The maximum Gasteiger partial charge on any atom is 0.0577 e. The molecular formula is C29H46O. The molecule has 0 saturated heterocycles. The van der Waals surface area contributed by atoms with Crippen LogP contribution in [0.3, 0.4) is 0 Å². The van der Waals surface area contributed by atoms with Gasteiger partial charge in [0.05, 0.1) is 6.10 Å². The summed E-state index contributed by atoms with van der Waals surface area (Å²) in [5.41, 5.74) is 5.41. The smallest absolute Gasteiger partial charge is 0.0577 e. The second-order valence-electron chi connectivity index (χ2n) is 12.1. The van der Waals surface area contributed by atoms with Crippen LogP contribution in [0.2, 0.25) is 0 Å². The summed E-state index contributed by atoms with van der Waals surface area (Å²) >= 11 is 0. The molecule has 8 atom stereocenters. The van der Waals surface area contributed by atoms with E-state index in [9.17, 15) is 5.11 Å². The molecule has 30 heavy (non-hydrogen) atoms. The minimum atomic E-state index is -0.0901. The van der Waals surface area contributed by atoms with Gasteiger partial charge in [-0.1, -0.05) is 50.6 Å². The summed E-state index contributed by atoms with van der Waals surface area (Å²) in [7, 11) is 0. The highest BCUT2D eigenvalue weighted by atomic mass is 16.3. The Balaban J connectivity index is 1.50. The monoisotopic (exact) mass is 410 g/mol. The fraction of sp³-hybridized carbons (Fsp3) is 0.793. The van der Waals surface area contributed by atoms with Crippen LogP contribution in [0.25, 0.3) is 0 Å². The molecule has 1 N–H and O–H groups in total. The van der Waals surface area contributed by atoms with E-state index in [0.29, 0.717) is 10.8 Å². The predicted octanol–water partition coefficient (Wildman–Crippen LogP) is 7.87. The fourth-order valence-electron chi connectivity index (χ4n) is 8.76. The maximum absolute atomic E-state index is 10.2. The SMILES string of the molecule is C=CC(CC[C@@H](C)[C@H]1CC[C@H]2[C@@H]3CC=C4CC(O)CC[C@]4(C)[C@H]3CC[C@]12C)=C(C)C. The second-order valence-corrected chi connectivity index (χ2v) is 12.1. The van der Waals surface area contributed by atoms with E-state index in [4.69, 9.17) is 0 Å². The summed E-state index contributed by atoms with van der Waals surface area (Å²) in [4.78, 5) is 0. The van der Waals surface area contributed by atoms with E-state index in [-0.39, 0.29) is 6.10 Å². The lowest BCUT2D eigenvalue weighted by molar-refractivity contribution is -0.0571. The van der Waals surface area contributed by atoms with Crippen LogP contribution in [0.15, 0.2) is 35.5 Å². The van der Waals surface area contributed by atoms with Crippen LogP contribution in [-0.4, -0.2) is 11.2 Å². The fourth-order valence-corrected chi connectivity index (χ4v) is 8.76. The molecule has 0 aromatic rings. The van der Waals surface area contributed by atoms with Crippen molar-refractivity contribution < 1.29 is 5.11 Å². The third kappa shape index (κ3) is 3.58. The van der Waals surface area contributed by atoms with Gasteiger partial charge in [0.1, 0.15) is 0 Å². The maximum atomic E-state index is 10.2. The van der Waals surface area contributed by atoms with Crippen molar-refractivity contribution in [3.8, 4) is 0 Å². The first kappa shape index (κ1) is 22.4. The molecule has 0 aromatic heterocycles. The van der Waals surface area contributed by atoms with Crippen molar-refractivity contribution >= 4 is 0 Å². The summed E-state index contributed by atoms with van der Waals surface area (Å²) in [6.07, 6.45) is 17.3. The van der Waals surface area contributed by atoms with E-state index >= 15 is 0 Å². The van der Waals surface area contributed by atoms with Crippen molar-refractivity contribution in [2.75, 3.05) is 0 Å². The highest BCUT2D eigenvalue weighted by Crippen LogP contribution is 2.67. The van der Waals surface area contributed by atoms with Crippen molar-refractivity contribution in [2.24, 2.45) is 40.4 Å². The predicted molar refractivity (Wildman–Crippen MR) is 128 cm³/mol. The van der Waals surface area contributed by atoms with E-state index in [2.05, 4.69) is 53.3 Å². The van der Waals surface area contributed by atoms with Crippen LogP contribution >= 0.6 is 0 Å². The number of hydrogen-bond donors (Lipinski definition) is 1. The topological polar surface area (TPSA) is 20.2 Å². The Bertz CT molecular complexity index is 725. The molecule has 3 saturated carbocycles. The van der Waals surface area contributed by atoms with Gasteiger partial charge in [-0.2, -0.15) is 0 Å². The number of fused-ring (bicyclic) bond motifs is 5. The van der Waals surface area contributed by atoms with Gasteiger partial charge in [0.2, 0.25) is 0 Å². The lowest BCUT2D eigenvalue weighted by Crippen LogP contribution is -2.50. The quantitative estimate of drug-likeness (QED) is 0.361. The van der Waals surface area contributed by atoms with E-state index in [1.165, 1.54) is 62.5 Å². The average Bonchev–Trinajstić information content (AvgIpc) is 3.06. The number of aliphatic hydroxyl groups is 1. The molecule has 4 rings (SSSR count). The zero-order chi connectivity index (χ0) is 21.7. The van der Waals surface area contributed by atoms with Gasteiger partial charge in [-0.15, -0.1) is 0 Å². The largest absolute Gasteiger partial charge is 0.393 e. The molecule has 4 aliphatic rings. The van der Waals surface area contributed by atoms with Gasteiger partial charge < -0.3 is 5.11 Å². The van der Waals surface area contributed by atoms with E-state index in [1.54, 1.807) is 5.57 Å². The van der Waals surface area contributed by atoms with E-state index in [0.717, 1.165) is 42.4 Å². The molecule has 0 aromatic carbocycles. The minimum absolute atomic E-state index is 0.0901. The summed E-state index contributed by atoms with van der Waals surface area (Å²) in [5.74, 6) is 4.34. The Morgan fingerprint density at radius 3 is 2.63 bits per heavy atom. The van der Waals surface area contributed by atoms with Crippen molar-refractivity contribution in [1.82, 2.24) is 0 Å². The highest BCUT2D eigenvalue weighted by molar-refractivity contribution is 5.25. The number of aliphatic hydroxyl groups excluding tert-OH is 1. The Morgan fingerprint density at radius 2 is 1.93 bits per heavy atom. The van der Waals surface area contributed by atoms with Gasteiger partial charge in [-0.3, -0.25) is 0 Å². The summed E-state index contributed by atoms with van der Waals surface area (Å²) in [5, 5.41) is 10.2. The van der Waals surface area contributed by atoms with Crippen LogP contribution in [-0.2, 0) is 0 Å². The zero-order valence-electron chi connectivity index (χ0n) is 20.3. The molecule has 1 unspecified atom stereocenters. The number of rotatable bonds is 5. The minimum Gasteiger partial charge on any atom is -0.393 e. The van der Waals surface area contributed by atoms with Crippen molar-refractivity contribution in [2.45, 2.75) is 105 Å². The standard InChI is InChI=1S/C29H46O/c1-7-21(19(2)3)9-8-20(4)25-12-13-26-24-11-10-22-18-23(30)14-16-28(22,5)27(24)15-17-29(25,26)6/h7,10,20,23-27,30H,1,8-9,11-18H2,2-6H3/t20-,23?,24+,25-,26+,27+,28+,29-/m1/s1. The van der Waals surface area contributed by atoms with Crippen molar-refractivity contribution in [3.05, 3.63) is 35.5 Å². The van der Waals surface area contributed by atoms with Gasteiger partial charge in [0.25, 0.3) is 0 Å². The van der Waals surface area contributed by atoms with Crippen LogP contribution in [0.5, 0.6) is 0 Å². The first-order valence-corrected chi connectivity index (χ1v) is 12.9. The van der Waals surface area contributed by atoms with Crippen LogP contribution in [0.4, 0.5) is 0 Å². The zero-order valence-corrected chi connectivity index (χ0v) is 20.3. The van der Waals surface area contributed by atoms with Crippen LogP contribution < -0.4 is 0 Å². The Kier molecular flexibility index (Phi) is 6.17. The Hall–Kier alpha value is -0.820. The molecule has 168 valence electrons. The molecule has 0 amide bonds. The van der Waals surface area contributed by atoms with Gasteiger partial charge >= 0.3 is 0 Å². The van der Waals surface area contributed by atoms with Gasteiger partial charge in [-0.05, 0) is 124 Å². The third-order valence-corrected chi connectivity index (χ3v) is 10.6. The molecule has 1 nitrogen and oxygen atoms in total. The summed E-state index contributed by atoms with van der Waals surface area (Å²) < 4.78 is 0. The third-order valence-electron chi connectivity index (χ3n) is 10.6. The lowest BCUT2D eigenvalue weighted by Gasteiger charge is -2.58.